The van der Waals surface area contributed by atoms with Crippen molar-refractivity contribution in [2.75, 3.05) is 36.5 Å². The number of amides is 1. The molecule has 1 aliphatic rings. The van der Waals surface area contributed by atoms with Crippen LogP contribution >= 0.6 is 11.8 Å². The Hall–Kier alpha value is -2.25. The zero-order valence-electron chi connectivity index (χ0n) is 14.1. The quantitative estimate of drug-likeness (QED) is 0.504. The average molecular weight is 359 g/mol. The van der Waals surface area contributed by atoms with Gasteiger partial charge in [0.25, 0.3) is 5.03 Å². The van der Waals surface area contributed by atoms with Gasteiger partial charge in [-0.05, 0) is 49.0 Å². The normalized spacial score (nSPS) is 15.6. The molecular weight excluding hydrogens is 338 g/mol. The Bertz CT molecular complexity index is 718. The molecule has 0 spiro atoms. The van der Waals surface area contributed by atoms with Gasteiger partial charge in [0, 0.05) is 36.6 Å². The minimum atomic E-state index is -0.374. The van der Waals surface area contributed by atoms with Gasteiger partial charge in [-0.15, -0.1) is 0 Å². The Balaban J connectivity index is 1.57. The van der Waals surface area contributed by atoms with Crippen LogP contribution in [0.1, 0.15) is 6.92 Å². The van der Waals surface area contributed by atoms with Crippen molar-refractivity contribution in [3.05, 3.63) is 53.9 Å². The van der Waals surface area contributed by atoms with Gasteiger partial charge >= 0.3 is 0 Å². The van der Waals surface area contributed by atoms with E-state index in [1.165, 1.54) is 18.0 Å². The number of rotatable bonds is 5. The molecule has 6 nitrogen and oxygen atoms in total. The van der Waals surface area contributed by atoms with E-state index >= 15 is 0 Å². The molecule has 0 saturated carbocycles. The fraction of sp³-hybridized carbons (Fsp3) is 0.333. The molecule has 1 aliphatic heterocycles. The lowest BCUT2D eigenvalue weighted by Crippen LogP contribution is -2.36. The van der Waals surface area contributed by atoms with Crippen molar-refractivity contribution in [2.45, 2.75) is 17.2 Å². The first-order valence-corrected chi connectivity index (χ1v) is 9.10. The third-order valence-electron chi connectivity index (χ3n) is 3.97. The first kappa shape index (κ1) is 17.6. The van der Waals surface area contributed by atoms with Crippen LogP contribution in [-0.4, -0.2) is 37.5 Å². The molecule has 1 N–H and O–H groups in total. The molecule has 0 aliphatic carbocycles. The standard InChI is InChI=1S/C18H21N3O3S/c1-14(25-17-4-2-3-9-21(17)23)18(22)19-15-5-7-16(8-6-15)20-10-12-24-13-11-20/h2-9,14H,10-13H2,1H3,(H,19,22)/t14-/m0/s1. The average Bonchev–Trinajstić information content (AvgIpc) is 2.65. The summed E-state index contributed by atoms with van der Waals surface area (Å²) in [7, 11) is 0. The highest BCUT2D eigenvalue weighted by atomic mass is 32.2. The molecular formula is C18H21N3O3S. The van der Waals surface area contributed by atoms with Crippen molar-refractivity contribution >= 4 is 29.0 Å². The Morgan fingerprint density at radius 2 is 1.96 bits per heavy atom. The summed E-state index contributed by atoms with van der Waals surface area (Å²) in [6.07, 6.45) is 1.43. The van der Waals surface area contributed by atoms with Gasteiger partial charge < -0.3 is 20.2 Å². The molecule has 0 unspecified atom stereocenters. The maximum absolute atomic E-state index is 12.3. The number of anilines is 2. The van der Waals surface area contributed by atoms with E-state index in [0.717, 1.165) is 42.4 Å². The molecule has 3 rings (SSSR count). The summed E-state index contributed by atoms with van der Waals surface area (Å²) >= 11 is 1.24. The number of nitrogens with one attached hydrogen (secondary N) is 1. The zero-order valence-corrected chi connectivity index (χ0v) is 14.9. The summed E-state index contributed by atoms with van der Waals surface area (Å²) in [5, 5.41) is 14.7. The summed E-state index contributed by atoms with van der Waals surface area (Å²) in [4.78, 5) is 14.6. The van der Waals surface area contributed by atoms with E-state index in [1.54, 1.807) is 25.1 Å². The lowest BCUT2D eigenvalue weighted by molar-refractivity contribution is -0.645. The molecule has 1 aromatic heterocycles. The molecule has 1 amide bonds. The Morgan fingerprint density at radius 3 is 2.64 bits per heavy atom. The van der Waals surface area contributed by atoms with E-state index in [9.17, 15) is 10.0 Å². The van der Waals surface area contributed by atoms with Gasteiger partial charge in [-0.25, -0.2) is 0 Å². The zero-order chi connectivity index (χ0) is 17.6. The van der Waals surface area contributed by atoms with Gasteiger partial charge in [0.1, 0.15) is 0 Å². The lowest BCUT2D eigenvalue weighted by atomic mass is 10.2. The topological polar surface area (TPSA) is 68.5 Å². The number of morpholine rings is 1. The highest BCUT2D eigenvalue weighted by molar-refractivity contribution is 8.00. The van der Waals surface area contributed by atoms with E-state index in [-0.39, 0.29) is 11.2 Å². The van der Waals surface area contributed by atoms with E-state index in [4.69, 9.17) is 4.74 Å². The fourth-order valence-electron chi connectivity index (χ4n) is 2.56. The third kappa shape index (κ3) is 4.64. The van der Waals surface area contributed by atoms with Crippen LogP contribution in [0, 0.1) is 5.21 Å². The second-order valence-electron chi connectivity index (χ2n) is 5.76. The number of thioether (sulfide) groups is 1. The number of hydrogen-bond donors (Lipinski definition) is 1. The van der Waals surface area contributed by atoms with Gasteiger partial charge in [0.2, 0.25) is 5.91 Å². The van der Waals surface area contributed by atoms with Crippen molar-refractivity contribution in [3.63, 3.8) is 0 Å². The van der Waals surface area contributed by atoms with Crippen molar-refractivity contribution in [1.29, 1.82) is 0 Å². The van der Waals surface area contributed by atoms with Crippen LogP contribution in [0.15, 0.2) is 53.7 Å². The number of carbonyl (C=O) groups is 1. The summed E-state index contributed by atoms with van der Waals surface area (Å²) in [5.74, 6) is -0.132. The minimum Gasteiger partial charge on any atom is -0.618 e. The summed E-state index contributed by atoms with van der Waals surface area (Å²) in [5.41, 5.74) is 1.87. The molecule has 1 aromatic carbocycles. The first-order valence-electron chi connectivity index (χ1n) is 8.22. The smallest absolute Gasteiger partial charge is 0.252 e. The number of aromatic nitrogens is 1. The van der Waals surface area contributed by atoms with E-state index < -0.39 is 0 Å². The molecule has 7 heteroatoms. The van der Waals surface area contributed by atoms with Gasteiger partial charge in [-0.2, -0.15) is 4.73 Å². The van der Waals surface area contributed by atoms with Crippen LogP contribution in [0.2, 0.25) is 0 Å². The maximum Gasteiger partial charge on any atom is 0.252 e. The predicted molar refractivity (Wildman–Crippen MR) is 98.8 cm³/mol. The monoisotopic (exact) mass is 359 g/mol. The molecule has 1 atom stereocenters. The van der Waals surface area contributed by atoms with Crippen LogP contribution in [0.3, 0.4) is 0 Å². The van der Waals surface area contributed by atoms with Gasteiger partial charge in [-0.1, -0.05) is 0 Å². The highest BCUT2D eigenvalue weighted by Crippen LogP contribution is 2.22. The fourth-order valence-corrected chi connectivity index (χ4v) is 3.41. The highest BCUT2D eigenvalue weighted by Gasteiger charge is 2.19. The summed E-state index contributed by atoms with van der Waals surface area (Å²) < 4.78 is 6.13. The second kappa shape index (κ2) is 8.22. The molecule has 0 bridgehead atoms. The summed E-state index contributed by atoms with van der Waals surface area (Å²) in [6.45, 7) is 5.03. The molecule has 2 heterocycles. The van der Waals surface area contributed by atoms with E-state index in [0.29, 0.717) is 5.03 Å². The van der Waals surface area contributed by atoms with Crippen LogP contribution in [0.5, 0.6) is 0 Å². The van der Waals surface area contributed by atoms with Crippen molar-refractivity contribution in [2.24, 2.45) is 0 Å². The van der Waals surface area contributed by atoms with Gasteiger partial charge in [0.15, 0.2) is 6.20 Å². The van der Waals surface area contributed by atoms with Crippen LogP contribution < -0.4 is 14.9 Å². The number of pyridine rings is 1. The largest absolute Gasteiger partial charge is 0.618 e. The molecule has 1 saturated heterocycles. The predicted octanol–water partition coefficient (Wildman–Crippen LogP) is 2.28. The number of nitrogens with zero attached hydrogens (tertiary/aromatic N) is 2. The molecule has 25 heavy (non-hydrogen) atoms. The molecule has 2 aromatic rings. The van der Waals surface area contributed by atoms with E-state index in [1.807, 2.05) is 24.3 Å². The van der Waals surface area contributed by atoms with Crippen molar-refractivity contribution < 1.29 is 14.3 Å². The van der Waals surface area contributed by atoms with Crippen molar-refractivity contribution in [3.8, 4) is 0 Å². The number of ether oxygens (including phenoxy) is 1. The number of hydrogen-bond acceptors (Lipinski definition) is 5. The Kier molecular flexibility index (Phi) is 5.78. The second-order valence-corrected chi connectivity index (χ2v) is 7.12. The maximum atomic E-state index is 12.3. The number of carbonyl (C=O) groups excluding carboxylic acids is 1. The molecule has 0 radical (unpaired) electrons. The van der Waals surface area contributed by atoms with Crippen LogP contribution in [0.25, 0.3) is 0 Å². The van der Waals surface area contributed by atoms with Crippen LogP contribution in [-0.2, 0) is 9.53 Å². The van der Waals surface area contributed by atoms with Gasteiger partial charge in [0.05, 0.1) is 18.5 Å². The van der Waals surface area contributed by atoms with Crippen molar-refractivity contribution in [1.82, 2.24) is 0 Å². The number of benzene rings is 1. The van der Waals surface area contributed by atoms with Crippen LogP contribution in [0.4, 0.5) is 11.4 Å². The SMILES string of the molecule is C[C@H](Sc1cccc[n+]1[O-])C(=O)Nc1ccc(N2CCOCC2)cc1. The lowest BCUT2D eigenvalue weighted by Gasteiger charge is -2.28. The molecule has 1 fully saturated rings. The van der Waals surface area contributed by atoms with E-state index in [2.05, 4.69) is 10.2 Å². The summed E-state index contributed by atoms with van der Waals surface area (Å²) in [6, 6.07) is 13.0. The van der Waals surface area contributed by atoms with Gasteiger partial charge in [-0.3, -0.25) is 4.79 Å². The third-order valence-corrected chi connectivity index (χ3v) is 5.09. The Morgan fingerprint density at radius 1 is 1.24 bits per heavy atom. The molecule has 132 valence electrons. The first-order chi connectivity index (χ1) is 12.1. The Labute approximate surface area is 151 Å². The minimum absolute atomic E-state index is 0.132.